The molecule has 0 bridgehead atoms. The Bertz CT molecular complexity index is 724. The van der Waals surface area contributed by atoms with Gasteiger partial charge in [-0.05, 0) is 30.9 Å². The van der Waals surface area contributed by atoms with Crippen LogP contribution in [0.2, 0.25) is 0 Å². The summed E-state index contributed by atoms with van der Waals surface area (Å²) >= 11 is 0. The van der Waals surface area contributed by atoms with Crippen molar-refractivity contribution in [3.8, 4) is 0 Å². The van der Waals surface area contributed by atoms with E-state index in [1.807, 2.05) is 54.6 Å². The van der Waals surface area contributed by atoms with Gasteiger partial charge >= 0.3 is 6.09 Å². The first-order valence-corrected chi connectivity index (χ1v) is 8.00. The summed E-state index contributed by atoms with van der Waals surface area (Å²) in [6, 6.07) is 17.2. The van der Waals surface area contributed by atoms with Crippen molar-refractivity contribution in [3.63, 3.8) is 0 Å². The van der Waals surface area contributed by atoms with E-state index in [1.54, 1.807) is 4.90 Å². The van der Waals surface area contributed by atoms with Gasteiger partial charge in [-0.2, -0.15) is 0 Å². The second-order valence-electron chi connectivity index (χ2n) is 6.29. The van der Waals surface area contributed by atoms with Gasteiger partial charge in [-0.15, -0.1) is 0 Å². The number of carbonyl (C=O) groups is 1. The molecule has 1 aliphatic heterocycles. The van der Waals surface area contributed by atoms with E-state index in [0.717, 1.165) is 36.1 Å². The number of ether oxygens (including phenoxy) is 1. The molecule has 2 aliphatic rings. The predicted octanol–water partition coefficient (Wildman–Crippen LogP) is 3.80. The molecule has 0 saturated heterocycles. The Morgan fingerprint density at radius 3 is 2.52 bits per heavy atom. The fourth-order valence-electron chi connectivity index (χ4n) is 3.67. The van der Waals surface area contributed by atoms with Crippen LogP contribution in [0.15, 0.2) is 54.6 Å². The van der Waals surface area contributed by atoms with E-state index >= 15 is 0 Å². The molecule has 0 radical (unpaired) electrons. The zero-order chi connectivity index (χ0) is 15.9. The van der Waals surface area contributed by atoms with Gasteiger partial charge in [-0.25, -0.2) is 4.79 Å². The van der Waals surface area contributed by atoms with Crippen molar-refractivity contribution in [3.05, 3.63) is 65.7 Å². The Hall–Kier alpha value is -2.33. The number of aliphatic hydroxyl groups excluding tert-OH is 1. The van der Waals surface area contributed by atoms with Crippen LogP contribution in [0, 0.1) is 0 Å². The van der Waals surface area contributed by atoms with Crippen LogP contribution in [-0.2, 0) is 11.3 Å². The summed E-state index contributed by atoms with van der Waals surface area (Å²) in [6.45, 7) is 0.241. The zero-order valence-electron chi connectivity index (χ0n) is 12.8. The molecular formula is C19H19NO3. The molecule has 0 aromatic heterocycles. The average molecular weight is 309 g/mol. The highest BCUT2D eigenvalue weighted by Gasteiger charge is 2.57. The summed E-state index contributed by atoms with van der Waals surface area (Å²) in [5, 5.41) is 10.7. The minimum atomic E-state index is -0.628. The van der Waals surface area contributed by atoms with Crippen molar-refractivity contribution in [1.29, 1.82) is 0 Å². The molecule has 1 heterocycles. The number of nitrogens with zero attached hydrogens (tertiary/aromatic N) is 1. The fraction of sp³-hybridized carbons (Fsp3) is 0.316. The molecule has 4 heteroatoms. The lowest BCUT2D eigenvalue weighted by atomic mass is 9.72. The monoisotopic (exact) mass is 309 g/mol. The summed E-state index contributed by atoms with van der Waals surface area (Å²) < 4.78 is 5.52. The number of amides is 1. The summed E-state index contributed by atoms with van der Waals surface area (Å²) in [5.41, 5.74) is 2.04. The van der Waals surface area contributed by atoms with E-state index in [1.165, 1.54) is 0 Å². The van der Waals surface area contributed by atoms with Crippen molar-refractivity contribution in [1.82, 2.24) is 0 Å². The molecule has 1 N–H and O–H groups in total. The average Bonchev–Trinajstić information content (AvgIpc) is 2.83. The Kier molecular flexibility index (Phi) is 3.34. The highest BCUT2D eigenvalue weighted by atomic mass is 16.6. The van der Waals surface area contributed by atoms with Gasteiger partial charge in [0.2, 0.25) is 0 Å². The molecule has 1 amide bonds. The van der Waals surface area contributed by atoms with Crippen LogP contribution in [0.4, 0.5) is 10.5 Å². The summed E-state index contributed by atoms with van der Waals surface area (Å²) in [4.78, 5) is 14.4. The maximum Gasteiger partial charge on any atom is 0.415 e. The molecule has 4 rings (SSSR count). The van der Waals surface area contributed by atoms with Gasteiger partial charge in [0, 0.05) is 5.56 Å². The van der Waals surface area contributed by atoms with E-state index in [-0.39, 0.29) is 12.7 Å². The quantitative estimate of drug-likeness (QED) is 0.918. The number of carbonyl (C=O) groups excluding carboxylic acids is 1. The van der Waals surface area contributed by atoms with Crippen LogP contribution in [0.5, 0.6) is 0 Å². The third-order valence-electron chi connectivity index (χ3n) is 5.03. The molecule has 23 heavy (non-hydrogen) atoms. The lowest BCUT2D eigenvalue weighted by Gasteiger charge is -2.46. The Labute approximate surface area is 135 Å². The second kappa shape index (κ2) is 5.39. The molecule has 2 aromatic carbocycles. The third-order valence-corrected chi connectivity index (χ3v) is 5.03. The Morgan fingerprint density at radius 1 is 1.13 bits per heavy atom. The van der Waals surface area contributed by atoms with E-state index in [9.17, 15) is 9.90 Å². The van der Waals surface area contributed by atoms with Gasteiger partial charge in [-0.1, -0.05) is 48.5 Å². The van der Waals surface area contributed by atoms with Crippen molar-refractivity contribution in [2.24, 2.45) is 0 Å². The minimum Gasteiger partial charge on any atom is -0.444 e. The van der Waals surface area contributed by atoms with Crippen LogP contribution in [0.25, 0.3) is 0 Å². The lowest BCUT2D eigenvalue weighted by Crippen LogP contribution is -2.56. The number of benzene rings is 2. The summed E-state index contributed by atoms with van der Waals surface area (Å²) in [7, 11) is 0. The molecule has 1 atom stereocenters. The standard InChI is InChI=1S/C19H19NO3/c21-17-15-9-4-5-10-16(15)20(19(17)11-6-12-19)18(22)23-13-14-7-2-1-3-8-14/h1-5,7-10,17,21H,6,11-13H2. The van der Waals surface area contributed by atoms with E-state index in [0.29, 0.717) is 0 Å². The van der Waals surface area contributed by atoms with Crippen LogP contribution >= 0.6 is 0 Å². The normalized spacial score (nSPS) is 20.9. The maximum absolute atomic E-state index is 12.7. The van der Waals surface area contributed by atoms with Crippen molar-refractivity contribution < 1.29 is 14.6 Å². The van der Waals surface area contributed by atoms with Crippen LogP contribution in [0.3, 0.4) is 0 Å². The Morgan fingerprint density at radius 2 is 1.83 bits per heavy atom. The van der Waals surface area contributed by atoms with Gasteiger partial charge in [0.15, 0.2) is 0 Å². The molecule has 118 valence electrons. The highest BCUT2D eigenvalue weighted by Crippen LogP contribution is 2.55. The number of para-hydroxylation sites is 1. The topological polar surface area (TPSA) is 49.8 Å². The number of anilines is 1. The van der Waals surface area contributed by atoms with Crippen LogP contribution < -0.4 is 4.90 Å². The molecule has 2 aromatic rings. The number of hydrogen-bond donors (Lipinski definition) is 1. The molecule has 1 fully saturated rings. The van der Waals surface area contributed by atoms with Gasteiger partial charge in [-0.3, -0.25) is 4.90 Å². The second-order valence-corrected chi connectivity index (χ2v) is 6.29. The van der Waals surface area contributed by atoms with E-state index in [4.69, 9.17) is 4.74 Å². The number of hydrogen-bond acceptors (Lipinski definition) is 3. The van der Waals surface area contributed by atoms with Crippen molar-refractivity contribution >= 4 is 11.8 Å². The molecule has 1 saturated carbocycles. The van der Waals surface area contributed by atoms with Crippen LogP contribution in [0.1, 0.15) is 36.5 Å². The Balaban J connectivity index is 1.60. The van der Waals surface area contributed by atoms with Gasteiger partial charge in [0.25, 0.3) is 0 Å². The van der Waals surface area contributed by atoms with Gasteiger partial charge < -0.3 is 9.84 Å². The molecule has 1 aliphatic carbocycles. The number of aliphatic hydroxyl groups is 1. The van der Waals surface area contributed by atoms with Gasteiger partial charge in [0.05, 0.1) is 11.2 Å². The number of rotatable bonds is 2. The summed E-state index contributed by atoms with van der Waals surface area (Å²) in [5.74, 6) is 0. The van der Waals surface area contributed by atoms with Crippen molar-refractivity contribution in [2.75, 3.05) is 4.90 Å². The van der Waals surface area contributed by atoms with Crippen LogP contribution in [-0.4, -0.2) is 16.7 Å². The van der Waals surface area contributed by atoms with Gasteiger partial charge in [0.1, 0.15) is 12.7 Å². The highest BCUT2D eigenvalue weighted by molar-refractivity contribution is 5.93. The smallest absolute Gasteiger partial charge is 0.415 e. The first kappa shape index (κ1) is 14.3. The largest absolute Gasteiger partial charge is 0.444 e. The zero-order valence-corrected chi connectivity index (χ0v) is 12.8. The lowest BCUT2D eigenvalue weighted by molar-refractivity contribution is 0.0365. The minimum absolute atomic E-state index is 0.241. The van der Waals surface area contributed by atoms with E-state index in [2.05, 4.69) is 0 Å². The fourth-order valence-corrected chi connectivity index (χ4v) is 3.67. The number of fused-ring (bicyclic) bond motifs is 1. The molecule has 4 nitrogen and oxygen atoms in total. The van der Waals surface area contributed by atoms with Crippen molar-refractivity contribution in [2.45, 2.75) is 37.5 Å². The first-order chi connectivity index (χ1) is 11.2. The maximum atomic E-state index is 12.7. The summed E-state index contributed by atoms with van der Waals surface area (Å²) in [6.07, 6.45) is 1.63. The third kappa shape index (κ3) is 2.13. The first-order valence-electron chi connectivity index (χ1n) is 8.00. The van der Waals surface area contributed by atoms with E-state index < -0.39 is 11.6 Å². The molecule has 1 spiro atoms. The predicted molar refractivity (Wildman–Crippen MR) is 87.1 cm³/mol. The SMILES string of the molecule is O=C(OCc1ccccc1)N1c2ccccc2C(O)C12CCC2. The molecule has 1 unspecified atom stereocenters. The molecular weight excluding hydrogens is 290 g/mol.